The predicted molar refractivity (Wildman–Crippen MR) is 97.2 cm³/mol. The molecule has 1 saturated carbocycles. The molecule has 0 bridgehead atoms. The number of rotatable bonds is 4. The van der Waals surface area contributed by atoms with Gasteiger partial charge in [-0.15, -0.1) is 0 Å². The van der Waals surface area contributed by atoms with Gasteiger partial charge in [0, 0.05) is 19.5 Å². The zero-order chi connectivity index (χ0) is 18.8. The van der Waals surface area contributed by atoms with E-state index in [1.165, 1.54) is 6.26 Å². The van der Waals surface area contributed by atoms with Gasteiger partial charge in [0.2, 0.25) is 0 Å². The van der Waals surface area contributed by atoms with E-state index in [0.29, 0.717) is 23.8 Å². The standard InChI is InChI=1S/C19H25N5O3/c1-12-20-16(11-27-12)19(26)24-9-5-4-8-17(24)14-10-15(23-22-14)18(25)21-13-6-2-3-7-13/h10-11,13,17H,2-9H2,1H3,(H,21,25)(H,22,23)/t17-/m0/s1. The highest BCUT2D eigenvalue weighted by atomic mass is 16.3. The Morgan fingerprint density at radius 3 is 2.70 bits per heavy atom. The Bertz CT molecular complexity index is 821. The Kier molecular flexibility index (Phi) is 4.96. The van der Waals surface area contributed by atoms with E-state index >= 15 is 0 Å². The maximum absolute atomic E-state index is 12.9. The fraction of sp³-hybridized carbons (Fsp3) is 0.579. The summed E-state index contributed by atoms with van der Waals surface area (Å²) in [5.74, 6) is 0.174. The van der Waals surface area contributed by atoms with Gasteiger partial charge in [0.1, 0.15) is 12.0 Å². The van der Waals surface area contributed by atoms with Crippen LogP contribution in [0.3, 0.4) is 0 Å². The highest BCUT2D eigenvalue weighted by Crippen LogP contribution is 2.31. The molecule has 2 N–H and O–H groups in total. The quantitative estimate of drug-likeness (QED) is 0.860. The lowest BCUT2D eigenvalue weighted by atomic mass is 9.98. The molecular formula is C19H25N5O3. The molecule has 1 saturated heterocycles. The van der Waals surface area contributed by atoms with Gasteiger partial charge in [-0.05, 0) is 38.2 Å². The number of nitrogens with zero attached hydrogens (tertiary/aromatic N) is 3. The number of oxazole rings is 1. The van der Waals surface area contributed by atoms with Crippen LogP contribution in [-0.4, -0.2) is 44.5 Å². The van der Waals surface area contributed by atoms with Gasteiger partial charge < -0.3 is 14.6 Å². The molecule has 8 nitrogen and oxygen atoms in total. The molecular weight excluding hydrogens is 346 g/mol. The lowest BCUT2D eigenvalue weighted by molar-refractivity contribution is 0.0599. The first-order valence-electron chi connectivity index (χ1n) is 9.71. The minimum absolute atomic E-state index is 0.135. The molecule has 27 heavy (non-hydrogen) atoms. The number of piperidine rings is 1. The second kappa shape index (κ2) is 7.54. The number of carbonyl (C=O) groups is 2. The number of aromatic amines is 1. The topological polar surface area (TPSA) is 104 Å². The summed E-state index contributed by atoms with van der Waals surface area (Å²) in [5, 5.41) is 10.2. The smallest absolute Gasteiger partial charge is 0.276 e. The Labute approximate surface area is 157 Å². The number of amides is 2. The van der Waals surface area contributed by atoms with Gasteiger partial charge in [-0.3, -0.25) is 14.7 Å². The second-order valence-electron chi connectivity index (χ2n) is 7.43. The molecule has 2 aromatic heterocycles. The van der Waals surface area contributed by atoms with Crippen molar-refractivity contribution < 1.29 is 14.0 Å². The van der Waals surface area contributed by atoms with Crippen LogP contribution in [0.5, 0.6) is 0 Å². The van der Waals surface area contributed by atoms with Crippen molar-refractivity contribution in [1.82, 2.24) is 25.4 Å². The molecule has 3 heterocycles. The van der Waals surface area contributed by atoms with Crippen molar-refractivity contribution in [3.8, 4) is 0 Å². The maximum Gasteiger partial charge on any atom is 0.276 e. The van der Waals surface area contributed by atoms with Gasteiger partial charge in [0.15, 0.2) is 11.6 Å². The average Bonchev–Trinajstić information content (AvgIpc) is 3.43. The third-order valence-electron chi connectivity index (χ3n) is 5.48. The largest absolute Gasteiger partial charge is 0.448 e. The fourth-order valence-electron chi connectivity index (χ4n) is 4.06. The van der Waals surface area contributed by atoms with Crippen molar-refractivity contribution in [3.05, 3.63) is 35.3 Å². The first-order chi connectivity index (χ1) is 13.1. The maximum atomic E-state index is 12.9. The van der Waals surface area contributed by atoms with E-state index in [1.54, 1.807) is 17.9 Å². The van der Waals surface area contributed by atoms with Gasteiger partial charge in [-0.1, -0.05) is 12.8 Å². The second-order valence-corrected chi connectivity index (χ2v) is 7.43. The number of aromatic nitrogens is 3. The van der Waals surface area contributed by atoms with Crippen molar-refractivity contribution in [2.24, 2.45) is 0 Å². The molecule has 2 amide bonds. The van der Waals surface area contributed by atoms with Gasteiger partial charge in [0.05, 0.1) is 11.7 Å². The van der Waals surface area contributed by atoms with E-state index < -0.39 is 0 Å². The molecule has 1 aliphatic carbocycles. The average molecular weight is 371 g/mol. The summed E-state index contributed by atoms with van der Waals surface area (Å²) >= 11 is 0. The summed E-state index contributed by atoms with van der Waals surface area (Å²) < 4.78 is 5.18. The van der Waals surface area contributed by atoms with E-state index in [0.717, 1.165) is 50.6 Å². The highest BCUT2D eigenvalue weighted by Gasteiger charge is 2.32. The normalized spacial score (nSPS) is 20.8. The van der Waals surface area contributed by atoms with Crippen LogP contribution in [0.4, 0.5) is 0 Å². The van der Waals surface area contributed by atoms with Crippen LogP contribution in [0.15, 0.2) is 16.7 Å². The van der Waals surface area contributed by atoms with E-state index in [9.17, 15) is 9.59 Å². The van der Waals surface area contributed by atoms with Crippen LogP contribution >= 0.6 is 0 Å². The molecule has 144 valence electrons. The molecule has 2 fully saturated rings. The lowest BCUT2D eigenvalue weighted by Gasteiger charge is -2.34. The van der Waals surface area contributed by atoms with E-state index in [-0.39, 0.29) is 23.9 Å². The fourth-order valence-corrected chi connectivity index (χ4v) is 4.06. The predicted octanol–water partition coefficient (Wildman–Crippen LogP) is 2.75. The monoisotopic (exact) mass is 371 g/mol. The Balaban J connectivity index is 1.49. The van der Waals surface area contributed by atoms with E-state index in [1.807, 2.05) is 0 Å². The van der Waals surface area contributed by atoms with Gasteiger partial charge in [-0.2, -0.15) is 5.10 Å². The van der Waals surface area contributed by atoms with Crippen molar-refractivity contribution in [3.63, 3.8) is 0 Å². The Morgan fingerprint density at radius 1 is 1.19 bits per heavy atom. The molecule has 4 rings (SSSR count). The number of H-pyrrole nitrogens is 1. The van der Waals surface area contributed by atoms with Gasteiger partial charge in [0.25, 0.3) is 11.8 Å². The van der Waals surface area contributed by atoms with Crippen LogP contribution in [0, 0.1) is 6.92 Å². The van der Waals surface area contributed by atoms with Crippen LogP contribution in [0.1, 0.15) is 83.5 Å². The molecule has 1 atom stereocenters. The molecule has 1 aliphatic heterocycles. The SMILES string of the molecule is Cc1nc(C(=O)N2CCCC[C@H]2c2cc(C(=O)NC3CCCC3)n[nH]2)co1. The zero-order valence-corrected chi connectivity index (χ0v) is 15.5. The molecule has 0 spiro atoms. The Morgan fingerprint density at radius 2 is 1.96 bits per heavy atom. The number of aryl methyl sites for hydroxylation is 1. The third kappa shape index (κ3) is 3.74. The van der Waals surface area contributed by atoms with Crippen molar-refractivity contribution in [2.45, 2.75) is 64.0 Å². The highest BCUT2D eigenvalue weighted by molar-refractivity contribution is 5.93. The third-order valence-corrected chi connectivity index (χ3v) is 5.48. The number of hydrogen-bond donors (Lipinski definition) is 2. The molecule has 8 heteroatoms. The minimum atomic E-state index is -0.150. The van der Waals surface area contributed by atoms with Gasteiger partial charge >= 0.3 is 0 Å². The number of nitrogens with one attached hydrogen (secondary N) is 2. The van der Waals surface area contributed by atoms with Crippen LogP contribution in [0.25, 0.3) is 0 Å². The van der Waals surface area contributed by atoms with Crippen LogP contribution in [-0.2, 0) is 0 Å². The molecule has 0 aromatic carbocycles. The lowest BCUT2D eigenvalue weighted by Crippen LogP contribution is -2.38. The number of likely N-dealkylation sites (tertiary alicyclic amines) is 1. The Hall–Kier alpha value is -2.64. The minimum Gasteiger partial charge on any atom is -0.448 e. The summed E-state index contributed by atoms with van der Waals surface area (Å²) in [6, 6.07) is 1.89. The summed E-state index contributed by atoms with van der Waals surface area (Å²) in [6.07, 6.45) is 8.59. The number of hydrogen-bond acceptors (Lipinski definition) is 5. The first-order valence-corrected chi connectivity index (χ1v) is 9.71. The van der Waals surface area contributed by atoms with Crippen molar-refractivity contribution in [2.75, 3.05) is 6.54 Å². The van der Waals surface area contributed by atoms with E-state index in [2.05, 4.69) is 20.5 Å². The summed E-state index contributed by atoms with van der Waals surface area (Å²) in [5.41, 5.74) is 1.49. The van der Waals surface area contributed by atoms with Crippen molar-refractivity contribution in [1.29, 1.82) is 0 Å². The van der Waals surface area contributed by atoms with Gasteiger partial charge in [-0.25, -0.2) is 4.98 Å². The zero-order valence-electron chi connectivity index (χ0n) is 15.5. The first kappa shape index (κ1) is 17.8. The van der Waals surface area contributed by atoms with Crippen molar-refractivity contribution >= 4 is 11.8 Å². The molecule has 2 aromatic rings. The molecule has 0 unspecified atom stereocenters. The summed E-state index contributed by atoms with van der Waals surface area (Å²) in [6.45, 7) is 2.37. The molecule has 0 radical (unpaired) electrons. The summed E-state index contributed by atoms with van der Waals surface area (Å²) in [4.78, 5) is 31.3. The van der Waals surface area contributed by atoms with E-state index in [4.69, 9.17) is 4.42 Å². The summed E-state index contributed by atoms with van der Waals surface area (Å²) in [7, 11) is 0. The van der Waals surface area contributed by atoms with Crippen LogP contribution < -0.4 is 5.32 Å². The van der Waals surface area contributed by atoms with Crippen LogP contribution in [0.2, 0.25) is 0 Å². The molecule has 2 aliphatic rings. The number of carbonyl (C=O) groups excluding carboxylic acids is 2.